The summed E-state index contributed by atoms with van der Waals surface area (Å²) in [6.07, 6.45) is 3.31. The number of urea groups is 1. The van der Waals surface area contributed by atoms with Gasteiger partial charge in [0, 0.05) is 13.3 Å². The van der Waals surface area contributed by atoms with Gasteiger partial charge in [0.2, 0.25) is 5.95 Å². The van der Waals surface area contributed by atoms with Crippen LogP contribution in [-0.2, 0) is 4.74 Å². The van der Waals surface area contributed by atoms with Crippen molar-refractivity contribution < 1.29 is 13.9 Å². The zero-order valence-electron chi connectivity index (χ0n) is 11.9. The molecule has 2 amide bonds. The van der Waals surface area contributed by atoms with Crippen molar-refractivity contribution in [3.8, 4) is 0 Å². The first-order valence-corrected chi connectivity index (χ1v) is 6.67. The van der Waals surface area contributed by atoms with Crippen LogP contribution in [0.1, 0.15) is 11.8 Å². The van der Waals surface area contributed by atoms with Gasteiger partial charge < -0.3 is 14.5 Å². The maximum Gasteiger partial charge on any atom is 0.322 e. The number of ether oxygens (including phenoxy) is 1. The van der Waals surface area contributed by atoms with Crippen LogP contribution in [0, 0.1) is 0 Å². The zero-order valence-corrected chi connectivity index (χ0v) is 11.9. The topological polar surface area (TPSA) is 93.7 Å². The Hall–Kier alpha value is -2.87. The fourth-order valence-electron chi connectivity index (χ4n) is 2.07. The van der Waals surface area contributed by atoms with Gasteiger partial charge in [0.15, 0.2) is 5.65 Å². The summed E-state index contributed by atoms with van der Waals surface area (Å²) in [6, 6.07) is 8.19. The van der Waals surface area contributed by atoms with Gasteiger partial charge in [-0.3, -0.25) is 9.72 Å². The SMILES string of the molecule is COC[C@@H](NC(=O)Nc1nnc2ccccn12)c1ccco1. The summed E-state index contributed by atoms with van der Waals surface area (Å²) in [6.45, 7) is 0.293. The summed E-state index contributed by atoms with van der Waals surface area (Å²) in [5.74, 6) is 0.951. The van der Waals surface area contributed by atoms with E-state index in [-0.39, 0.29) is 6.04 Å². The number of hydrogen-bond donors (Lipinski definition) is 2. The largest absolute Gasteiger partial charge is 0.467 e. The molecule has 3 heterocycles. The number of carbonyl (C=O) groups excluding carboxylic acids is 1. The Labute approximate surface area is 126 Å². The van der Waals surface area contributed by atoms with Gasteiger partial charge >= 0.3 is 6.03 Å². The number of amides is 2. The molecule has 0 saturated heterocycles. The zero-order chi connectivity index (χ0) is 15.4. The van der Waals surface area contributed by atoms with Crippen LogP contribution in [0.2, 0.25) is 0 Å². The molecule has 0 unspecified atom stereocenters. The van der Waals surface area contributed by atoms with E-state index in [1.807, 2.05) is 12.1 Å². The number of methoxy groups -OCH3 is 1. The van der Waals surface area contributed by atoms with Crippen LogP contribution in [0.25, 0.3) is 5.65 Å². The number of anilines is 1. The van der Waals surface area contributed by atoms with Crippen molar-refractivity contribution in [2.45, 2.75) is 6.04 Å². The van der Waals surface area contributed by atoms with Crippen molar-refractivity contribution in [2.75, 3.05) is 19.0 Å². The molecule has 0 radical (unpaired) electrons. The van der Waals surface area contributed by atoms with Gasteiger partial charge in [0.05, 0.1) is 12.9 Å². The summed E-state index contributed by atoms with van der Waals surface area (Å²) in [4.78, 5) is 12.1. The van der Waals surface area contributed by atoms with E-state index < -0.39 is 6.03 Å². The Balaban J connectivity index is 1.71. The lowest BCUT2D eigenvalue weighted by Crippen LogP contribution is -2.35. The van der Waals surface area contributed by atoms with E-state index >= 15 is 0 Å². The standard InChI is InChI=1S/C14H15N5O3/c1-21-9-10(11-5-4-8-22-11)15-14(20)16-13-18-17-12-6-2-3-7-19(12)13/h2-8,10H,9H2,1H3,(H2,15,16,18,20)/t10-/m1/s1. The van der Waals surface area contributed by atoms with E-state index in [0.717, 1.165) is 0 Å². The Morgan fingerprint density at radius 3 is 3.05 bits per heavy atom. The predicted octanol–water partition coefficient (Wildman–Crippen LogP) is 1.83. The van der Waals surface area contributed by atoms with E-state index in [2.05, 4.69) is 20.8 Å². The number of aromatic nitrogens is 3. The van der Waals surface area contributed by atoms with E-state index in [4.69, 9.17) is 9.15 Å². The van der Waals surface area contributed by atoms with E-state index in [9.17, 15) is 4.79 Å². The number of furan rings is 1. The summed E-state index contributed by atoms with van der Waals surface area (Å²) < 4.78 is 12.1. The lowest BCUT2D eigenvalue weighted by molar-refractivity contribution is 0.159. The van der Waals surface area contributed by atoms with Crippen molar-refractivity contribution in [1.29, 1.82) is 0 Å². The lowest BCUT2D eigenvalue weighted by Gasteiger charge is -2.15. The first-order chi connectivity index (χ1) is 10.8. The number of nitrogens with zero attached hydrogens (tertiary/aromatic N) is 3. The molecule has 0 saturated carbocycles. The number of hydrogen-bond acceptors (Lipinski definition) is 5. The summed E-state index contributed by atoms with van der Waals surface area (Å²) in [7, 11) is 1.56. The molecule has 22 heavy (non-hydrogen) atoms. The van der Waals surface area contributed by atoms with Crippen molar-refractivity contribution in [3.05, 3.63) is 48.6 Å². The van der Waals surface area contributed by atoms with Gasteiger partial charge in [-0.2, -0.15) is 0 Å². The van der Waals surface area contributed by atoms with Crippen LogP contribution in [0.3, 0.4) is 0 Å². The Bertz CT molecular complexity index is 753. The van der Waals surface area contributed by atoms with Crippen molar-refractivity contribution in [3.63, 3.8) is 0 Å². The molecule has 3 aromatic rings. The number of nitrogens with one attached hydrogen (secondary N) is 2. The van der Waals surface area contributed by atoms with Crippen molar-refractivity contribution in [2.24, 2.45) is 0 Å². The van der Waals surface area contributed by atoms with Crippen molar-refractivity contribution in [1.82, 2.24) is 19.9 Å². The molecule has 8 nitrogen and oxygen atoms in total. The second kappa shape index (κ2) is 6.27. The molecule has 0 aliphatic rings. The molecule has 0 bridgehead atoms. The first-order valence-electron chi connectivity index (χ1n) is 6.67. The Kier molecular flexibility index (Phi) is 4.01. The number of carbonyl (C=O) groups is 1. The second-order valence-electron chi connectivity index (χ2n) is 4.57. The van der Waals surface area contributed by atoms with Gasteiger partial charge in [-0.05, 0) is 24.3 Å². The van der Waals surface area contributed by atoms with Crippen LogP contribution >= 0.6 is 0 Å². The molecular weight excluding hydrogens is 286 g/mol. The predicted molar refractivity (Wildman–Crippen MR) is 78.5 cm³/mol. The average molecular weight is 301 g/mol. The maximum atomic E-state index is 12.1. The fourth-order valence-corrected chi connectivity index (χ4v) is 2.07. The second-order valence-corrected chi connectivity index (χ2v) is 4.57. The van der Waals surface area contributed by atoms with Crippen LogP contribution < -0.4 is 10.6 Å². The summed E-state index contributed by atoms with van der Waals surface area (Å²) in [5, 5.41) is 13.3. The first kappa shape index (κ1) is 14.1. The van der Waals surface area contributed by atoms with Gasteiger partial charge in [-0.25, -0.2) is 4.79 Å². The molecule has 0 aliphatic carbocycles. The summed E-state index contributed by atoms with van der Waals surface area (Å²) >= 11 is 0. The van der Waals surface area contributed by atoms with Crippen LogP contribution in [0.15, 0.2) is 47.2 Å². The molecule has 3 rings (SSSR count). The van der Waals surface area contributed by atoms with Crippen LogP contribution in [0.5, 0.6) is 0 Å². The molecule has 0 fully saturated rings. The maximum absolute atomic E-state index is 12.1. The molecule has 0 aromatic carbocycles. The van der Waals surface area contributed by atoms with E-state index in [1.54, 1.807) is 42.2 Å². The lowest BCUT2D eigenvalue weighted by atomic mass is 10.2. The van der Waals surface area contributed by atoms with E-state index in [0.29, 0.717) is 24.0 Å². The quantitative estimate of drug-likeness (QED) is 0.750. The minimum absolute atomic E-state index is 0.293. The van der Waals surface area contributed by atoms with E-state index in [1.165, 1.54) is 0 Å². The van der Waals surface area contributed by atoms with Crippen LogP contribution in [-0.4, -0.2) is 34.3 Å². The third-order valence-electron chi connectivity index (χ3n) is 3.06. The van der Waals surface area contributed by atoms with Gasteiger partial charge in [0.1, 0.15) is 11.8 Å². The third kappa shape index (κ3) is 2.91. The highest BCUT2D eigenvalue weighted by molar-refractivity contribution is 5.88. The normalized spacial score (nSPS) is 12.2. The molecule has 3 aromatic heterocycles. The molecule has 1 atom stereocenters. The number of pyridine rings is 1. The highest BCUT2D eigenvalue weighted by Gasteiger charge is 2.18. The molecule has 114 valence electrons. The average Bonchev–Trinajstić information content (AvgIpc) is 3.17. The summed E-state index contributed by atoms with van der Waals surface area (Å²) in [5.41, 5.74) is 0.650. The highest BCUT2D eigenvalue weighted by Crippen LogP contribution is 2.14. The Morgan fingerprint density at radius 1 is 1.36 bits per heavy atom. The van der Waals surface area contributed by atoms with Crippen LogP contribution in [0.4, 0.5) is 10.7 Å². The molecular formula is C14H15N5O3. The number of fused-ring (bicyclic) bond motifs is 1. The molecule has 0 spiro atoms. The van der Waals surface area contributed by atoms with Gasteiger partial charge in [-0.15, -0.1) is 10.2 Å². The third-order valence-corrected chi connectivity index (χ3v) is 3.06. The molecule has 0 aliphatic heterocycles. The molecule has 2 N–H and O–H groups in total. The monoisotopic (exact) mass is 301 g/mol. The smallest absolute Gasteiger partial charge is 0.322 e. The Morgan fingerprint density at radius 2 is 2.27 bits per heavy atom. The van der Waals surface area contributed by atoms with Crippen molar-refractivity contribution >= 4 is 17.6 Å². The minimum atomic E-state index is -0.420. The van der Waals surface area contributed by atoms with Gasteiger partial charge in [-0.1, -0.05) is 6.07 Å². The minimum Gasteiger partial charge on any atom is -0.467 e. The fraction of sp³-hybridized carbons (Fsp3) is 0.214. The highest BCUT2D eigenvalue weighted by atomic mass is 16.5. The molecule has 8 heteroatoms. The number of rotatable bonds is 5. The van der Waals surface area contributed by atoms with Gasteiger partial charge in [0.25, 0.3) is 0 Å².